The van der Waals surface area contributed by atoms with Crippen molar-refractivity contribution < 1.29 is 112 Å². The minimum Gasteiger partial charge on any atom is -0.543 e. The topological polar surface area (TPSA) is 272 Å². The van der Waals surface area contributed by atoms with Gasteiger partial charge in [0.25, 0.3) is 0 Å². The number of hydrogen-bond acceptors (Lipinski definition) is 12. The summed E-state index contributed by atoms with van der Waals surface area (Å²) in [5, 5.41) is 53.6. The largest absolute Gasteiger partial charge is 3.00 e. The maximum atomic E-state index is 8.93. The maximum absolute atomic E-state index is 8.93. The first-order valence-electron chi connectivity index (χ1n) is 3.20. The van der Waals surface area contributed by atoms with Crippen LogP contribution in [0.25, 0.3) is 0 Å². The Hall–Kier alpha value is -1.70. The third kappa shape index (κ3) is 45.8. The summed E-state index contributed by atoms with van der Waals surface area (Å²) in [6.07, 6.45) is 0. The van der Waals surface area contributed by atoms with Gasteiger partial charge in [0.15, 0.2) is 0 Å². The van der Waals surface area contributed by atoms with Crippen LogP contribution in [0.3, 0.4) is 0 Å². The molecule has 0 aromatic carbocycles. The zero-order valence-electron chi connectivity index (χ0n) is 9.75. The van der Waals surface area contributed by atoms with E-state index in [4.69, 9.17) is 59.4 Å². The van der Waals surface area contributed by atoms with Gasteiger partial charge in [-0.15, -0.1) is 0 Å². The molecule has 0 aliphatic heterocycles. The van der Waals surface area contributed by atoms with Gasteiger partial charge in [0.1, 0.15) is 0 Å². The number of carbonyl (C=O) groups excluding carboxylic acids is 6. The summed E-state index contributed by atoms with van der Waals surface area (Å²) in [4.78, 5) is 53.6. The predicted octanol–water partition coefficient (Wildman–Crippen LogP) is -14.4. The molecule has 0 heterocycles. The number of aliphatic carboxylic acids is 6. The third-order valence-electron chi connectivity index (χ3n) is 0.500. The molecule has 15 heteroatoms. The Kier molecular flexibility index (Phi) is 35.9. The molecule has 0 aliphatic carbocycles. The van der Waals surface area contributed by atoms with Crippen LogP contribution < -0.4 is 60.2 Å². The van der Waals surface area contributed by atoms with E-state index in [9.17, 15) is 0 Å². The van der Waals surface area contributed by atoms with Crippen LogP contribution in [0.15, 0.2) is 0 Å². The van der Waals surface area contributed by atoms with E-state index in [-0.39, 0.29) is 52.1 Å². The van der Waals surface area contributed by atoms with Crippen molar-refractivity contribution in [2.24, 2.45) is 0 Å². The average Bonchev–Trinajstić information content (AvgIpc) is 2.18. The standard InChI is InChI=1S/3C2H2O4.Fe.Na.H2O/c3*3-1(4)2(5)6;;;/h3*(H,3,4)(H,5,6);;;1H2/q;;;+3;+1;/p-6. The second kappa shape index (κ2) is 20.6. The van der Waals surface area contributed by atoms with E-state index < -0.39 is 35.8 Å². The Morgan fingerprint density at radius 3 is 0.476 bits per heavy atom. The molecule has 0 aromatic rings. The molecule has 0 spiro atoms. The maximum Gasteiger partial charge on any atom is 3.00 e. The van der Waals surface area contributed by atoms with Crippen LogP contribution in [-0.4, -0.2) is 41.3 Å². The number of carboxylic acid groups (broad SMARTS) is 6. The van der Waals surface area contributed by atoms with E-state index in [1.807, 2.05) is 0 Å². The Morgan fingerprint density at radius 2 is 0.476 bits per heavy atom. The zero-order chi connectivity index (χ0) is 15.5. The summed E-state index contributed by atoms with van der Waals surface area (Å²) in [6.45, 7) is 0. The van der Waals surface area contributed by atoms with Gasteiger partial charge in [-0.3, -0.25) is 0 Å². The van der Waals surface area contributed by atoms with Crippen LogP contribution in [0.2, 0.25) is 0 Å². The van der Waals surface area contributed by atoms with Crippen molar-refractivity contribution in [2.75, 3.05) is 0 Å². The summed E-state index contributed by atoms with van der Waals surface area (Å²) in [6, 6.07) is 0. The molecule has 1 radical (unpaired) electrons. The second-order valence-corrected chi connectivity index (χ2v) is 1.72. The van der Waals surface area contributed by atoms with Crippen molar-refractivity contribution in [2.45, 2.75) is 0 Å². The predicted molar refractivity (Wildman–Crippen MR) is 33.7 cm³/mol. The van der Waals surface area contributed by atoms with Gasteiger partial charge in [-0.05, 0) is 0 Å². The van der Waals surface area contributed by atoms with E-state index in [1.54, 1.807) is 0 Å². The molecule has 21 heavy (non-hydrogen) atoms. The quantitative estimate of drug-likeness (QED) is 0.287. The van der Waals surface area contributed by atoms with Crippen molar-refractivity contribution in [1.82, 2.24) is 0 Å². The summed E-state index contributed by atoms with van der Waals surface area (Å²) >= 11 is 0. The molecule has 0 amide bonds. The molecule has 0 saturated heterocycles. The van der Waals surface area contributed by atoms with Crippen LogP contribution in [0.5, 0.6) is 0 Å². The first-order chi connectivity index (χ1) is 7.93. The summed E-state index contributed by atoms with van der Waals surface area (Å²) in [7, 11) is 0. The van der Waals surface area contributed by atoms with Crippen LogP contribution in [0.4, 0.5) is 0 Å². The smallest absolute Gasteiger partial charge is 0.543 e. The van der Waals surface area contributed by atoms with Gasteiger partial charge >= 0.3 is 46.6 Å². The van der Waals surface area contributed by atoms with Gasteiger partial charge in [-0.25, -0.2) is 0 Å². The van der Waals surface area contributed by atoms with Gasteiger partial charge in [0.2, 0.25) is 0 Å². The number of hydrogen-bond donors (Lipinski definition) is 0. The van der Waals surface area contributed by atoms with Gasteiger partial charge in [-0.2, -0.15) is 0 Å². The van der Waals surface area contributed by atoms with Crippen molar-refractivity contribution in [3.63, 3.8) is 0 Å². The molecule has 13 nitrogen and oxygen atoms in total. The summed E-state index contributed by atoms with van der Waals surface area (Å²) in [5.41, 5.74) is 0. The molecular formula is C6H2FeNaO13-2. The fourth-order valence-corrected chi connectivity index (χ4v) is 0. The van der Waals surface area contributed by atoms with Crippen molar-refractivity contribution in [3.05, 3.63) is 0 Å². The second-order valence-electron chi connectivity index (χ2n) is 1.72. The molecule has 0 atom stereocenters. The number of carbonyl (C=O) groups is 6. The van der Waals surface area contributed by atoms with E-state index in [0.29, 0.717) is 0 Å². The zero-order valence-corrected chi connectivity index (χ0v) is 12.9. The van der Waals surface area contributed by atoms with Crippen molar-refractivity contribution in [3.8, 4) is 0 Å². The first-order valence-corrected chi connectivity index (χ1v) is 3.20. The van der Waals surface area contributed by atoms with Gasteiger partial charge < -0.3 is 64.9 Å². The van der Waals surface area contributed by atoms with E-state index in [1.165, 1.54) is 0 Å². The minimum atomic E-state index is -2.19. The van der Waals surface area contributed by atoms with E-state index in [0.717, 1.165) is 0 Å². The van der Waals surface area contributed by atoms with Crippen LogP contribution in [-0.2, 0) is 45.8 Å². The fraction of sp³-hybridized carbons (Fsp3) is 0. The van der Waals surface area contributed by atoms with Crippen LogP contribution >= 0.6 is 0 Å². The Bertz CT molecular complexity index is 284. The molecule has 115 valence electrons. The average molecular weight is 361 g/mol. The molecule has 0 unspecified atom stereocenters. The molecule has 2 N–H and O–H groups in total. The Morgan fingerprint density at radius 1 is 0.429 bits per heavy atom. The summed E-state index contributed by atoms with van der Waals surface area (Å²) in [5.74, 6) is -13.1. The molecule has 0 fully saturated rings. The molecule has 0 aromatic heterocycles. The van der Waals surface area contributed by atoms with E-state index in [2.05, 4.69) is 0 Å². The van der Waals surface area contributed by atoms with Crippen molar-refractivity contribution in [1.29, 1.82) is 0 Å². The van der Waals surface area contributed by atoms with Gasteiger partial charge in [0, 0.05) is 0 Å². The van der Waals surface area contributed by atoms with Gasteiger partial charge in [0.05, 0.1) is 35.8 Å². The summed E-state index contributed by atoms with van der Waals surface area (Å²) < 4.78 is 0. The van der Waals surface area contributed by atoms with E-state index >= 15 is 0 Å². The Balaban J connectivity index is -0.0000000375. The van der Waals surface area contributed by atoms with Crippen LogP contribution in [0, 0.1) is 0 Å². The fourth-order valence-electron chi connectivity index (χ4n) is 0. The van der Waals surface area contributed by atoms with Crippen LogP contribution in [0.1, 0.15) is 0 Å². The molecule has 0 rings (SSSR count). The van der Waals surface area contributed by atoms with Gasteiger partial charge in [-0.1, -0.05) is 0 Å². The molecule has 0 aliphatic rings. The third-order valence-corrected chi connectivity index (χ3v) is 0.500. The number of carboxylic acids is 6. The van der Waals surface area contributed by atoms with Crippen molar-refractivity contribution >= 4 is 35.8 Å². The molecular weight excluding hydrogens is 359 g/mol. The first kappa shape index (κ1) is 36.5. The normalized spacial score (nSPS) is 6.29. The monoisotopic (exact) mass is 361 g/mol. The SMILES string of the molecule is O.O=C([O-])C(=O)[O-].O=C([O-])C(=O)[O-].O=C([O-])C(=O)[O-].[Fe+3].[Na+]. The minimum absolute atomic E-state index is 0. The Labute approximate surface area is 147 Å². The molecule has 0 saturated carbocycles. The number of rotatable bonds is 0. The molecule has 0 bridgehead atoms.